The highest BCUT2D eigenvalue weighted by Gasteiger charge is 2.29. The number of carbonyl (C=O) groups excluding carboxylic acids is 1. The van der Waals surface area contributed by atoms with Crippen LogP contribution in [0, 0.1) is 12.8 Å². The summed E-state index contributed by atoms with van der Waals surface area (Å²) in [4.78, 5) is 22.3. The van der Waals surface area contributed by atoms with Crippen molar-refractivity contribution in [1.29, 1.82) is 0 Å². The first-order chi connectivity index (χ1) is 13.7. The largest absolute Gasteiger partial charge is 0.380 e. The van der Waals surface area contributed by atoms with E-state index in [-0.39, 0.29) is 17.9 Å². The number of nitrogens with zero attached hydrogens (tertiary/aromatic N) is 2. The van der Waals surface area contributed by atoms with Crippen molar-refractivity contribution in [2.45, 2.75) is 25.9 Å². The van der Waals surface area contributed by atoms with Crippen LogP contribution in [0.3, 0.4) is 0 Å². The van der Waals surface area contributed by atoms with Gasteiger partial charge in [0.2, 0.25) is 0 Å². The van der Waals surface area contributed by atoms with Gasteiger partial charge in [0.15, 0.2) is 5.75 Å². The fourth-order valence-electron chi connectivity index (χ4n) is 3.45. The molecule has 1 amide bonds. The van der Waals surface area contributed by atoms with E-state index in [1.54, 1.807) is 6.20 Å². The van der Waals surface area contributed by atoms with Crippen LogP contribution in [0.15, 0.2) is 67.0 Å². The van der Waals surface area contributed by atoms with Crippen molar-refractivity contribution < 1.29 is 14.4 Å². The van der Waals surface area contributed by atoms with E-state index in [1.165, 1.54) is 0 Å². The Morgan fingerprint density at radius 1 is 1.18 bits per heavy atom. The molecule has 2 heterocycles. The minimum atomic E-state index is -0.133. The van der Waals surface area contributed by atoms with E-state index in [0.29, 0.717) is 25.2 Å². The minimum Gasteiger partial charge on any atom is -0.380 e. The summed E-state index contributed by atoms with van der Waals surface area (Å²) in [6, 6.07) is 17.5. The SMILES string of the molecule is Cc1nccn1-c1ccc(ONC(=O)C2CCOC(c3ccccc3)C2)cc1. The molecule has 2 unspecified atom stereocenters. The molecule has 2 aromatic carbocycles. The lowest BCUT2D eigenvalue weighted by Crippen LogP contribution is -2.37. The predicted molar refractivity (Wildman–Crippen MR) is 105 cm³/mol. The smallest absolute Gasteiger partial charge is 0.255 e. The van der Waals surface area contributed by atoms with Gasteiger partial charge in [0, 0.05) is 30.6 Å². The van der Waals surface area contributed by atoms with Gasteiger partial charge < -0.3 is 14.1 Å². The molecule has 1 N–H and O–H groups in total. The molecule has 1 aromatic heterocycles. The van der Waals surface area contributed by atoms with Crippen LogP contribution in [0.2, 0.25) is 0 Å². The maximum absolute atomic E-state index is 12.5. The average molecular weight is 377 g/mol. The minimum absolute atomic E-state index is 0.0524. The zero-order valence-electron chi connectivity index (χ0n) is 15.7. The summed E-state index contributed by atoms with van der Waals surface area (Å²) in [7, 11) is 0. The summed E-state index contributed by atoms with van der Waals surface area (Å²) in [6.45, 7) is 2.51. The Labute approximate surface area is 164 Å². The van der Waals surface area contributed by atoms with E-state index in [9.17, 15) is 4.79 Å². The Kier molecular flexibility index (Phi) is 5.39. The maximum atomic E-state index is 12.5. The molecule has 1 aliphatic heterocycles. The van der Waals surface area contributed by atoms with Gasteiger partial charge in [-0.15, -0.1) is 0 Å². The van der Waals surface area contributed by atoms with E-state index >= 15 is 0 Å². The first kappa shape index (κ1) is 18.3. The second-order valence-corrected chi connectivity index (χ2v) is 6.90. The number of amides is 1. The number of ether oxygens (including phenoxy) is 1. The molecule has 28 heavy (non-hydrogen) atoms. The highest BCUT2D eigenvalue weighted by Crippen LogP contribution is 2.31. The van der Waals surface area contributed by atoms with Crippen molar-refractivity contribution in [3.8, 4) is 11.4 Å². The molecular weight excluding hydrogens is 354 g/mol. The first-order valence-electron chi connectivity index (χ1n) is 9.44. The molecule has 2 atom stereocenters. The molecule has 144 valence electrons. The fraction of sp³-hybridized carbons (Fsp3) is 0.273. The van der Waals surface area contributed by atoms with Crippen LogP contribution in [-0.2, 0) is 9.53 Å². The third kappa shape index (κ3) is 4.07. The van der Waals surface area contributed by atoms with Crippen LogP contribution >= 0.6 is 0 Å². The number of nitrogens with one attached hydrogen (secondary N) is 1. The molecule has 0 saturated carbocycles. The summed E-state index contributed by atoms with van der Waals surface area (Å²) >= 11 is 0. The molecule has 1 saturated heterocycles. The van der Waals surface area contributed by atoms with Gasteiger partial charge >= 0.3 is 0 Å². The number of aromatic nitrogens is 2. The van der Waals surface area contributed by atoms with Crippen molar-refractivity contribution in [1.82, 2.24) is 15.0 Å². The van der Waals surface area contributed by atoms with Crippen LogP contribution < -0.4 is 10.3 Å². The highest BCUT2D eigenvalue weighted by atomic mass is 16.7. The number of benzene rings is 2. The zero-order chi connectivity index (χ0) is 19.3. The van der Waals surface area contributed by atoms with Crippen LogP contribution in [0.25, 0.3) is 5.69 Å². The van der Waals surface area contributed by atoms with E-state index < -0.39 is 0 Å². The molecule has 6 nitrogen and oxygen atoms in total. The fourth-order valence-corrected chi connectivity index (χ4v) is 3.45. The normalized spacial score (nSPS) is 19.2. The van der Waals surface area contributed by atoms with Gasteiger partial charge in [-0.1, -0.05) is 30.3 Å². The van der Waals surface area contributed by atoms with Crippen molar-refractivity contribution in [3.63, 3.8) is 0 Å². The summed E-state index contributed by atoms with van der Waals surface area (Å²) in [5, 5.41) is 0. The van der Waals surface area contributed by atoms with Gasteiger partial charge in [0.25, 0.3) is 5.91 Å². The van der Waals surface area contributed by atoms with Crippen LogP contribution in [-0.4, -0.2) is 22.1 Å². The topological polar surface area (TPSA) is 65.4 Å². The van der Waals surface area contributed by atoms with Gasteiger partial charge in [-0.05, 0) is 49.6 Å². The molecule has 4 rings (SSSR count). The predicted octanol–water partition coefficient (Wildman–Crippen LogP) is 3.76. The van der Waals surface area contributed by atoms with Crippen molar-refractivity contribution in [2.75, 3.05) is 6.61 Å². The number of hydrogen-bond acceptors (Lipinski definition) is 4. The number of rotatable bonds is 5. The number of hydrogen-bond donors (Lipinski definition) is 1. The lowest BCUT2D eigenvalue weighted by Gasteiger charge is -2.28. The Balaban J connectivity index is 1.33. The third-order valence-electron chi connectivity index (χ3n) is 5.04. The molecule has 1 aliphatic rings. The van der Waals surface area contributed by atoms with E-state index in [4.69, 9.17) is 9.57 Å². The molecular formula is C22H23N3O3. The van der Waals surface area contributed by atoms with Gasteiger partial charge in [0.05, 0.1) is 6.10 Å². The summed E-state index contributed by atoms with van der Waals surface area (Å²) in [6.07, 6.45) is 4.95. The number of hydroxylamine groups is 1. The molecule has 3 aromatic rings. The molecule has 1 fully saturated rings. The van der Waals surface area contributed by atoms with Crippen LogP contribution in [0.1, 0.15) is 30.3 Å². The van der Waals surface area contributed by atoms with Gasteiger partial charge in [-0.25, -0.2) is 4.98 Å². The standard InChI is InChI=1S/C22H23N3O3/c1-16-23-12-13-25(16)19-7-9-20(10-8-19)28-24-22(26)18-11-14-27-21(15-18)17-5-3-2-4-6-17/h2-10,12-13,18,21H,11,14-15H2,1H3,(H,24,26). The first-order valence-corrected chi connectivity index (χ1v) is 9.44. The van der Waals surface area contributed by atoms with Crippen molar-refractivity contribution in [3.05, 3.63) is 78.4 Å². The second kappa shape index (κ2) is 8.27. The number of imidazole rings is 1. The number of carbonyl (C=O) groups is 1. The maximum Gasteiger partial charge on any atom is 0.255 e. The lowest BCUT2D eigenvalue weighted by molar-refractivity contribution is -0.137. The summed E-state index contributed by atoms with van der Waals surface area (Å²) in [5.41, 5.74) is 4.69. The van der Waals surface area contributed by atoms with Gasteiger partial charge in [-0.2, -0.15) is 5.48 Å². The third-order valence-corrected chi connectivity index (χ3v) is 5.04. The average Bonchev–Trinajstić information content (AvgIpc) is 3.19. The van der Waals surface area contributed by atoms with E-state index in [0.717, 1.165) is 17.1 Å². The van der Waals surface area contributed by atoms with Crippen LogP contribution in [0.4, 0.5) is 0 Å². The zero-order valence-corrected chi connectivity index (χ0v) is 15.7. The Morgan fingerprint density at radius 3 is 2.68 bits per heavy atom. The molecule has 6 heteroatoms. The van der Waals surface area contributed by atoms with E-state index in [1.807, 2.05) is 72.3 Å². The van der Waals surface area contributed by atoms with Crippen molar-refractivity contribution in [2.24, 2.45) is 5.92 Å². The van der Waals surface area contributed by atoms with Gasteiger partial charge in [0.1, 0.15) is 5.82 Å². The molecule has 0 bridgehead atoms. The quantitative estimate of drug-likeness (QED) is 0.688. The Bertz CT molecular complexity index is 922. The van der Waals surface area contributed by atoms with Gasteiger partial charge in [-0.3, -0.25) is 4.79 Å². The summed E-state index contributed by atoms with van der Waals surface area (Å²) in [5.74, 6) is 1.25. The Morgan fingerprint density at radius 2 is 1.96 bits per heavy atom. The highest BCUT2D eigenvalue weighted by molar-refractivity contribution is 5.78. The summed E-state index contributed by atoms with van der Waals surface area (Å²) < 4.78 is 7.82. The molecule has 0 spiro atoms. The van der Waals surface area contributed by atoms with E-state index in [2.05, 4.69) is 10.5 Å². The number of aryl methyl sites for hydroxylation is 1. The molecule has 0 radical (unpaired) electrons. The van der Waals surface area contributed by atoms with Crippen molar-refractivity contribution >= 4 is 5.91 Å². The second-order valence-electron chi connectivity index (χ2n) is 6.90. The van der Waals surface area contributed by atoms with Crippen LogP contribution in [0.5, 0.6) is 5.75 Å². The molecule has 0 aliphatic carbocycles. The monoisotopic (exact) mass is 377 g/mol. The lowest BCUT2D eigenvalue weighted by atomic mass is 9.91. The Hall–Kier alpha value is -3.12.